The molecule has 0 fully saturated rings. The normalized spacial score (nSPS) is 11.0. The van der Waals surface area contributed by atoms with Crippen molar-refractivity contribution in [1.29, 1.82) is 0 Å². The average Bonchev–Trinajstić information content (AvgIpc) is 2.75. The lowest BCUT2D eigenvalue weighted by Gasteiger charge is -2.10. The van der Waals surface area contributed by atoms with Gasteiger partial charge in [-0.3, -0.25) is 9.52 Å². The number of thioether (sulfide) groups is 1. The fourth-order valence-electron chi connectivity index (χ4n) is 2.52. The van der Waals surface area contributed by atoms with E-state index >= 15 is 0 Å². The molecule has 0 aliphatic heterocycles. The Morgan fingerprint density at radius 3 is 2.29 bits per heavy atom. The molecule has 3 rings (SSSR count). The number of carboxylic acid groups (broad SMARTS) is 1. The van der Waals surface area contributed by atoms with Crippen molar-refractivity contribution in [1.82, 2.24) is 0 Å². The highest BCUT2D eigenvalue weighted by Crippen LogP contribution is 2.25. The van der Waals surface area contributed by atoms with E-state index in [1.165, 1.54) is 42.1 Å². The first-order valence-corrected chi connectivity index (χ1v) is 11.7. The van der Waals surface area contributed by atoms with Gasteiger partial charge in [0.05, 0.1) is 26.9 Å². The average molecular weight is 477 g/mol. The molecular formula is C21H17ClN2O5S2. The molecule has 0 aromatic heterocycles. The Morgan fingerprint density at radius 1 is 0.968 bits per heavy atom. The van der Waals surface area contributed by atoms with Crippen LogP contribution in [0.15, 0.2) is 82.6 Å². The van der Waals surface area contributed by atoms with E-state index in [9.17, 15) is 18.0 Å². The number of carbonyl (C=O) groups excluding carboxylic acids is 1. The van der Waals surface area contributed by atoms with E-state index < -0.39 is 16.0 Å². The summed E-state index contributed by atoms with van der Waals surface area (Å²) < 4.78 is 27.2. The zero-order chi connectivity index (χ0) is 22.4. The molecule has 0 spiro atoms. The standard InChI is InChI=1S/C21H17ClN2O5S2/c22-18-11-6-14(21(26)27)12-19(18)23-20(25)13-30-16-9-7-15(8-10-16)24-31(28,29)17-4-2-1-3-5-17/h1-12,24H,13H2,(H,23,25)(H,26,27). The molecule has 1 amide bonds. The first-order valence-electron chi connectivity index (χ1n) is 8.88. The van der Waals surface area contributed by atoms with Crippen LogP contribution in [0.3, 0.4) is 0 Å². The monoisotopic (exact) mass is 476 g/mol. The molecule has 0 unspecified atom stereocenters. The van der Waals surface area contributed by atoms with Gasteiger partial charge in [-0.15, -0.1) is 11.8 Å². The van der Waals surface area contributed by atoms with Crippen molar-refractivity contribution in [3.8, 4) is 0 Å². The minimum atomic E-state index is -3.68. The molecule has 3 aromatic rings. The molecule has 10 heteroatoms. The Balaban J connectivity index is 1.58. The summed E-state index contributed by atoms with van der Waals surface area (Å²) in [6.07, 6.45) is 0. The lowest BCUT2D eigenvalue weighted by Crippen LogP contribution is -2.15. The molecule has 0 saturated heterocycles. The summed E-state index contributed by atoms with van der Waals surface area (Å²) in [6, 6.07) is 18.7. The molecular weight excluding hydrogens is 460 g/mol. The molecule has 3 N–H and O–H groups in total. The quantitative estimate of drug-likeness (QED) is 0.410. The summed E-state index contributed by atoms with van der Waals surface area (Å²) in [4.78, 5) is 24.2. The number of hydrogen-bond donors (Lipinski definition) is 3. The first kappa shape index (κ1) is 22.7. The molecule has 0 aliphatic carbocycles. The minimum absolute atomic E-state index is 0.0147. The van der Waals surface area contributed by atoms with Crippen LogP contribution in [0.2, 0.25) is 5.02 Å². The number of nitrogens with one attached hydrogen (secondary N) is 2. The van der Waals surface area contributed by atoms with Crippen LogP contribution in [0.4, 0.5) is 11.4 Å². The number of hydrogen-bond acceptors (Lipinski definition) is 5. The van der Waals surface area contributed by atoms with Gasteiger partial charge in [0.2, 0.25) is 5.91 Å². The van der Waals surface area contributed by atoms with Gasteiger partial charge in [-0.1, -0.05) is 29.8 Å². The minimum Gasteiger partial charge on any atom is -0.478 e. The Hall–Kier alpha value is -3.01. The maximum Gasteiger partial charge on any atom is 0.335 e. The Labute approximate surface area is 188 Å². The summed E-state index contributed by atoms with van der Waals surface area (Å²) in [5.41, 5.74) is 0.633. The van der Waals surface area contributed by atoms with Gasteiger partial charge in [0.25, 0.3) is 10.0 Å². The number of aromatic carboxylic acids is 1. The van der Waals surface area contributed by atoms with Gasteiger partial charge in [0, 0.05) is 10.6 Å². The maximum atomic E-state index is 12.4. The zero-order valence-corrected chi connectivity index (χ0v) is 18.3. The van der Waals surface area contributed by atoms with Gasteiger partial charge in [-0.2, -0.15) is 0 Å². The van der Waals surface area contributed by atoms with Crippen LogP contribution >= 0.6 is 23.4 Å². The van der Waals surface area contributed by atoms with Crippen LogP contribution < -0.4 is 10.0 Å². The van der Waals surface area contributed by atoms with Gasteiger partial charge in [0.1, 0.15) is 0 Å². The Bertz CT molecular complexity index is 1200. The van der Waals surface area contributed by atoms with Crippen molar-refractivity contribution in [2.45, 2.75) is 9.79 Å². The first-order chi connectivity index (χ1) is 14.7. The van der Waals surface area contributed by atoms with Crippen LogP contribution in [-0.2, 0) is 14.8 Å². The van der Waals surface area contributed by atoms with Gasteiger partial charge in [-0.25, -0.2) is 13.2 Å². The molecule has 31 heavy (non-hydrogen) atoms. The van der Waals surface area contributed by atoms with Gasteiger partial charge in [-0.05, 0) is 54.6 Å². The summed E-state index contributed by atoms with van der Waals surface area (Å²) in [5, 5.41) is 11.9. The number of anilines is 2. The number of amides is 1. The predicted molar refractivity (Wildman–Crippen MR) is 121 cm³/mol. The fraction of sp³-hybridized carbons (Fsp3) is 0.0476. The van der Waals surface area contributed by atoms with E-state index in [0.717, 1.165) is 4.90 Å². The van der Waals surface area contributed by atoms with Crippen molar-refractivity contribution in [2.75, 3.05) is 15.8 Å². The molecule has 0 saturated carbocycles. The van der Waals surface area contributed by atoms with E-state index in [2.05, 4.69) is 10.0 Å². The van der Waals surface area contributed by atoms with Gasteiger partial charge in [0.15, 0.2) is 0 Å². The highest BCUT2D eigenvalue weighted by atomic mass is 35.5. The van der Waals surface area contributed by atoms with Crippen LogP contribution in [-0.4, -0.2) is 31.2 Å². The largest absolute Gasteiger partial charge is 0.478 e. The lowest BCUT2D eigenvalue weighted by atomic mass is 10.2. The SMILES string of the molecule is O=C(CSc1ccc(NS(=O)(=O)c2ccccc2)cc1)Nc1cc(C(=O)O)ccc1Cl. The summed E-state index contributed by atoms with van der Waals surface area (Å²) in [6.45, 7) is 0. The molecule has 0 heterocycles. The molecule has 160 valence electrons. The number of halogens is 1. The molecule has 0 radical (unpaired) electrons. The van der Waals surface area contributed by atoms with Crippen molar-refractivity contribution >= 4 is 56.6 Å². The summed E-state index contributed by atoms with van der Waals surface area (Å²) >= 11 is 7.24. The second-order valence-corrected chi connectivity index (χ2v) is 9.42. The number of benzene rings is 3. The van der Waals surface area contributed by atoms with E-state index in [1.807, 2.05) is 0 Å². The van der Waals surface area contributed by atoms with Gasteiger partial charge < -0.3 is 10.4 Å². The summed E-state index contributed by atoms with van der Waals surface area (Å²) in [5.74, 6) is -1.42. The molecule has 3 aromatic carbocycles. The third-order valence-corrected chi connectivity index (χ3v) is 6.76. The van der Waals surface area contributed by atoms with Gasteiger partial charge >= 0.3 is 5.97 Å². The van der Waals surface area contributed by atoms with Crippen LogP contribution in [0, 0.1) is 0 Å². The van der Waals surface area contributed by atoms with Crippen molar-refractivity contribution < 1.29 is 23.1 Å². The van der Waals surface area contributed by atoms with E-state index in [1.54, 1.807) is 42.5 Å². The highest BCUT2D eigenvalue weighted by Gasteiger charge is 2.14. The smallest absolute Gasteiger partial charge is 0.335 e. The van der Waals surface area contributed by atoms with Crippen molar-refractivity contribution in [3.63, 3.8) is 0 Å². The molecule has 7 nitrogen and oxygen atoms in total. The third kappa shape index (κ3) is 6.24. The van der Waals surface area contributed by atoms with Crippen LogP contribution in [0.1, 0.15) is 10.4 Å². The third-order valence-electron chi connectivity index (χ3n) is 4.02. The molecule has 0 aliphatic rings. The number of carboxylic acids is 1. The Morgan fingerprint density at radius 2 is 1.65 bits per heavy atom. The second-order valence-electron chi connectivity index (χ2n) is 6.28. The fourth-order valence-corrected chi connectivity index (χ4v) is 4.47. The highest BCUT2D eigenvalue weighted by molar-refractivity contribution is 8.00. The van der Waals surface area contributed by atoms with E-state index in [-0.39, 0.29) is 32.8 Å². The van der Waals surface area contributed by atoms with E-state index in [0.29, 0.717) is 5.69 Å². The predicted octanol–water partition coefficient (Wildman–Crippen LogP) is 4.57. The summed E-state index contributed by atoms with van der Waals surface area (Å²) in [7, 11) is -3.68. The van der Waals surface area contributed by atoms with Crippen LogP contribution in [0.25, 0.3) is 0 Å². The number of carbonyl (C=O) groups is 2. The second kappa shape index (κ2) is 9.86. The Kier molecular flexibility index (Phi) is 7.21. The molecule has 0 bridgehead atoms. The number of rotatable bonds is 8. The zero-order valence-electron chi connectivity index (χ0n) is 15.9. The lowest BCUT2D eigenvalue weighted by molar-refractivity contribution is -0.113. The number of sulfonamides is 1. The van der Waals surface area contributed by atoms with Crippen molar-refractivity contribution in [2.24, 2.45) is 0 Å². The molecule has 0 atom stereocenters. The van der Waals surface area contributed by atoms with E-state index in [4.69, 9.17) is 16.7 Å². The maximum absolute atomic E-state index is 12.4. The van der Waals surface area contributed by atoms with Crippen molar-refractivity contribution in [3.05, 3.63) is 83.4 Å². The van der Waals surface area contributed by atoms with Crippen LogP contribution in [0.5, 0.6) is 0 Å². The topological polar surface area (TPSA) is 113 Å².